The van der Waals surface area contributed by atoms with Crippen molar-refractivity contribution in [1.82, 2.24) is 10.6 Å². The SMILES string of the molecule is CC(C)[C@H](NC(=O)c1c(F)cccc1F)C(=O)NCc1ccc(Cl)cc1Cl. The van der Waals surface area contributed by atoms with Crippen LogP contribution in [0.5, 0.6) is 0 Å². The molecular formula is C19H18Cl2F2N2O2. The molecule has 144 valence electrons. The van der Waals surface area contributed by atoms with Crippen molar-refractivity contribution in [3.05, 3.63) is 69.2 Å². The van der Waals surface area contributed by atoms with Crippen molar-refractivity contribution in [3.8, 4) is 0 Å². The first-order valence-corrected chi connectivity index (χ1v) is 8.92. The molecule has 0 saturated carbocycles. The lowest BCUT2D eigenvalue weighted by Gasteiger charge is -2.22. The predicted molar refractivity (Wildman–Crippen MR) is 101 cm³/mol. The van der Waals surface area contributed by atoms with Crippen LogP contribution in [0.15, 0.2) is 36.4 Å². The second-order valence-electron chi connectivity index (χ2n) is 6.25. The Balaban J connectivity index is 2.10. The summed E-state index contributed by atoms with van der Waals surface area (Å²) in [5, 5.41) is 5.90. The van der Waals surface area contributed by atoms with Crippen molar-refractivity contribution in [2.24, 2.45) is 5.92 Å². The molecule has 2 aromatic carbocycles. The van der Waals surface area contributed by atoms with E-state index in [4.69, 9.17) is 23.2 Å². The summed E-state index contributed by atoms with van der Waals surface area (Å²) in [7, 11) is 0. The molecule has 0 aliphatic rings. The van der Waals surface area contributed by atoms with Gasteiger partial charge in [0.05, 0.1) is 0 Å². The van der Waals surface area contributed by atoms with E-state index in [0.717, 1.165) is 18.2 Å². The van der Waals surface area contributed by atoms with Gasteiger partial charge in [0, 0.05) is 16.6 Å². The molecule has 0 saturated heterocycles. The van der Waals surface area contributed by atoms with Crippen molar-refractivity contribution in [2.75, 3.05) is 0 Å². The molecule has 0 unspecified atom stereocenters. The van der Waals surface area contributed by atoms with E-state index in [9.17, 15) is 18.4 Å². The fourth-order valence-electron chi connectivity index (χ4n) is 2.42. The maximum Gasteiger partial charge on any atom is 0.257 e. The number of carbonyl (C=O) groups excluding carboxylic acids is 2. The van der Waals surface area contributed by atoms with Crippen LogP contribution < -0.4 is 10.6 Å². The first-order chi connectivity index (χ1) is 12.7. The van der Waals surface area contributed by atoms with Gasteiger partial charge in [-0.05, 0) is 35.7 Å². The van der Waals surface area contributed by atoms with Crippen LogP contribution in [-0.2, 0) is 11.3 Å². The van der Waals surface area contributed by atoms with Crippen molar-refractivity contribution < 1.29 is 18.4 Å². The molecular weight excluding hydrogens is 397 g/mol. The van der Waals surface area contributed by atoms with Crippen LogP contribution in [0.2, 0.25) is 10.0 Å². The van der Waals surface area contributed by atoms with E-state index in [1.54, 1.807) is 32.0 Å². The van der Waals surface area contributed by atoms with Gasteiger partial charge < -0.3 is 10.6 Å². The number of amides is 2. The van der Waals surface area contributed by atoms with Gasteiger partial charge in [-0.15, -0.1) is 0 Å². The molecule has 0 fully saturated rings. The standard InChI is InChI=1S/C19H18Cl2F2N2O2/c1-10(2)17(25-18(26)16-14(22)4-3-5-15(16)23)19(27)24-9-11-6-7-12(20)8-13(11)21/h3-8,10,17H,9H2,1-2H3,(H,24,27)(H,25,26)/t17-/m0/s1. The summed E-state index contributed by atoms with van der Waals surface area (Å²) in [4.78, 5) is 24.8. The Morgan fingerprint density at radius 2 is 1.70 bits per heavy atom. The molecule has 0 aromatic heterocycles. The minimum atomic E-state index is -0.997. The number of nitrogens with one attached hydrogen (secondary N) is 2. The van der Waals surface area contributed by atoms with E-state index in [1.807, 2.05) is 0 Å². The second-order valence-corrected chi connectivity index (χ2v) is 7.09. The maximum atomic E-state index is 13.8. The molecule has 2 amide bonds. The lowest BCUT2D eigenvalue weighted by molar-refractivity contribution is -0.124. The Morgan fingerprint density at radius 3 is 2.26 bits per heavy atom. The monoisotopic (exact) mass is 414 g/mol. The van der Waals surface area contributed by atoms with E-state index in [1.165, 1.54) is 0 Å². The highest BCUT2D eigenvalue weighted by atomic mass is 35.5. The number of carbonyl (C=O) groups is 2. The molecule has 0 spiro atoms. The van der Waals surface area contributed by atoms with Crippen LogP contribution in [0.25, 0.3) is 0 Å². The quantitative estimate of drug-likeness (QED) is 0.738. The van der Waals surface area contributed by atoms with Gasteiger partial charge in [0.15, 0.2) is 0 Å². The number of halogens is 4. The van der Waals surface area contributed by atoms with E-state index < -0.39 is 35.1 Å². The van der Waals surface area contributed by atoms with E-state index in [-0.39, 0.29) is 12.5 Å². The molecule has 0 bridgehead atoms. The van der Waals surface area contributed by atoms with Crippen LogP contribution in [-0.4, -0.2) is 17.9 Å². The topological polar surface area (TPSA) is 58.2 Å². The predicted octanol–water partition coefficient (Wildman–Crippen LogP) is 4.34. The zero-order chi connectivity index (χ0) is 20.1. The molecule has 0 aliphatic heterocycles. The van der Waals surface area contributed by atoms with Crippen LogP contribution in [0, 0.1) is 17.6 Å². The third kappa shape index (κ3) is 5.40. The highest BCUT2D eigenvalue weighted by Gasteiger charge is 2.27. The fourth-order valence-corrected chi connectivity index (χ4v) is 2.90. The van der Waals surface area contributed by atoms with Crippen LogP contribution in [0.1, 0.15) is 29.8 Å². The van der Waals surface area contributed by atoms with Gasteiger partial charge in [-0.3, -0.25) is 9.59 Å². The minimum absolute atomic E-state index is 0.113. The fraction of sp³-hybridized carbons (Fsp3) is 0.263. The van der Waals surface area contributed by atoms with E-state index in [0.29, 0.717) is 15.6 Å². The molecule has 2 aromatic rings. The lowest BCUT2D eigenvalue weighted by Crippen LogP contribution is -2.49. The first-order valence-electron chi connectivity index (χ1n) is 8.17. The molecule has 4 nitrogen and oxygen atoms in total. The average molecular weight is 415 g/mol. The van der Waals surface area contributed by atoms with Gasteiger partial charge in [0.2, 0.25) is 5.91 Å². The minimum Gasteiger partial charge on any atom is -0.350 e. The van der Waals surface area contributed by atoms with Gasteiger partial charge in [0.25, 0.3) is 5.91 Å². The van der Waals surface area contributed by atoms with Crippen LogP contribution in [0.3, 0.4) is 0 Å². The summed E-state index contributed by atoms with van der Waals surface area (Å²) in [5.41, 5.74) is -0.0832. The van der Waals surface area contributed by atoms with Crippen LogP contribution >= 0.6 is 23.2 Å². The van der Waals surface area contributed by atoms with Crippen LogP contribution in [0.4, 0.5) is 8.78 Å². The van der Waals surface area contributed by atoms with Crippen molar-refractivity contribution in [3.63, 3.8) is 0 Å². The zero-order valence-corrected chi connectivity index (χ0v) is 16.2. The summed E-state index contributed by atoms with van der Waals surface area (Å²) < 4.78 is 27.5. The normalized spacial score (nSPS) is 12.0. The number of hydrogen-bond acceptors (Lipinski definition) is 2. The second kappa shape index (κ2) is 9.15. The largest absolute Gasteiger partial charge is 0.350 e. The smallest absolute Gasteiger partial charge is 0.257 e. The molecule has 2 N–H and O–H groups in total. The molecule has 0 heterocycles. The van der Waals surface area contributed by atoms with Gasteiger partial charge in [-0.25, -0.2) is 8.78 Å². The molecule has 1 atom stereocenters. The Morgan fingerprint density at radius 1 is 1.07 bits per heavy atom. The lowest BCUT2D eigenvalue weighted by atomic mass is 10.0. The highest BCUT2D eigenvalue weighted by molar-refractivity contribution is 6.35. The third-order valence-electron chi connectivity index (χ3n) is 3.89. The summed E-state index contributed by atoms with van der Waals surface area (Å²) in [5.74, 6) is -3.80. The van der Waals surface area contributed by atoms with Gasteiger partial charge in [-0.1, -0.05) is 49.2 Å². The van der Waals surface area contributed by atoms with E-state index in [2.05, 4.69) is 10.6 Å². The summed E-state index contributed by atoms with van der Waals surface area (Å²) >= 11 is 11.9. The Bertz CT molecular complexity index is 839. The Hall–Kier alpha value is -2.18. The first kappa shape index (κ1) is 21.1. The maximum absolute atomic E-state index is 13.8. The Labute approximate surface area is 165 Å². The molecule has 2 rings (SSSR count). The van der Waals surface area contributed by atoms with Gasteiger partial charge >= 0.3 is 0 Å². The van der Waals surface area contributed by atoms with Gasteiger partial charge in [-0.2, -0.15) is 0 Å². The van der Waals surface area contributed by atoms with Crippen molar-refractivity contribution in [1.29, 1.82) is 0 Å². The third-order valence-corrected chi connectivity index (χ3v) is 4.48. The highest BCUT2D eigenvalue weighted by Crippen LogP contribution is 2.21. The number of benzene rings is 2. The number of hydrogen-bond donors (Lipinski definition) is 2. The molecule has 0 radical (unpaired) electrons. The summed E-state index contributed by atoms with van der Waals surface area (Å²) in [6.07, 6.45) is 0. The Kier molecular flexibility index (Phi) is 7.16. The van der Waals surface area contributed by atoms with Gasteiger partial charge in [0.1, 0.15) is 23.2 Å². The summed E-state index contributed by atoms with van der Waals surface area (Å²) in [6.45, 7) is 3.52. The van der Waals surface area contributed by atoms with E-state index >= 15 is 0 Å². The zero-order valence-electron chi connectivity index (χ0n) is 14.7. The summed E-state index contributed by atoms with van der Waals surface area (Å²) in [6, 6.07) is 6.98. The number of rotatable bonds is 6. The molecule has 27 heavy (non-hydrogen) atoms. The van der Waals surface area contributed by atoms with Crippen molar-refractivity contribution in [2.45, 2.75) is 26.4 Å². The molecule has 8 heteroatoms. The van der Waals surface area contributed by atoms with Crippen molar-refractivity contribution >= 4 is 35.0 Å². The average Bonchev–Trinajstić information content (AvgIpc) is 2.58. The molecule has 0 aliphatic carbocycles.